The van der Waals surface area contributed by atoms with Gasteiger partial charge in [0.15, 0.2) is 0 Å². The van der Waals surface area contributed by atoms with Crippen molar-refractivity contribution in [2.45, 2.75) is 39.7 Å². The molecule has 0 aliphatic rings. The summed E-state index contributed by atoms with van der Waals surface area (Å²) in [5.74, 6) is 0. The molecule has 5 rings (SSSR count). The molecular weight excluding hydrogens is 444 g/mol. The predicted molar refractivity (Wildman–Crippen MR) is 149 cm³/mol. The van der Waals surface area contributed by atoms with Crippen LogP contribution in [0.3, 0.4) is 0 Å². The maximum Gasteiger partial charge on any atom is 0.240 e. The first-order valence-corrected chi connectivity index (χ1v) is 13.8. The third kappa shape index (κ3) is 4.72. The van der Waals surface area contributed by atoms with E-state index in [1.807, 2.05) is 18.5 Å². The van der Waals surface area contributed by atoms with E-state index in [0.717, 1.165) is 16.8 Å². The summed E-state index contributed by atoms with van der Waals surface area (Å²) in [5, 5.41) is 3.86. The highest BCUT2D eigenvalue weighted by Crippen LogP contribution is 2.37. The number of nitrogens with one attached hydrogen (secondary N) is 1. The number of hydrogen-bond donors (Lipinski definition) is 1. The van der Waals surface area contributed by atoms with Gasteiger partial charge in [-0.3, -0.25) is 4.98 Å². The molecule has 35 heavy (non-hydrogen) atoms. The number of aromatic amines is 1. The average molecular weight is 477 g/mol. The number of aromatic nitrogens is 2. The zero-order valence-electron chi connectivity index (χ0n) is 20.9. The minimum Gasteiger partial charge on any atom is -0.407 e. The van der Waals surface area contributed by atoms with Gasteiger partial charge >= 0.3 is 0 Å². The van der Waals surface area contributed by atoms with Crippen LogP contribution in [-0.4, -0.2) is 19.0 Å². The van der Waals surface area contributed by atoms with E-state index in [9.17, 15) is 0 Å². The van der Waals surface area contributed by atoms with Crippen molar-refractivity contribution in [2.75, 3.05) is 0 Å². The van der Waals surface area contributed by atoms with Crippen LogP contribution in [0.2, 0.25) is 0 Å². The number of rotatable bonds is 6. The van der Waals surface area contributed by atoms with Crippen molar-refractivity contribution in [3.05, 3.63) is 114 Å². The van der Waals surface area contributed by atoms with Crippen molar-refractivity contribution in [1.82, 2.24) is 9.97 Å². The molecule has 1 N–H and O–H groups in total. The van der Waals surface area contributed by atoms with E-state index in [1.54, 1.807) is 0 Å². The zero-order valence-corrected chi connectivity index (χ0v) is 22.0. The van der Waals surface area contributed by atoms with E-state index < -0.39 is 9.04 Å². The maximum atomic E-state index is 6.93. The molecule has 0 aliphatic carbocycles. The number of pyridine rings is 1. The lowest BCUT2D eigenvalue weighted by Gasteiger charge is -2.25. The molecular formula is C31H32N2OSi. The van der Waals surface area contributed by atoms with E-state index in [-0.39, 0.29) is 5.41 Å². The second-order valence-electron chi connectivity index (χ2n) is 10.1. The van der Waals surface area contributed by atoms with Crippen LogP contribution < -0.4 is 10.4 Å². The fourth-order valence-electron chi connectivity index (χ4n) is 4.99. The monoisotopic (exact) mass is 476 g/mol. The predicted octanol–water partition coefficient (Wildman–Crippen LogP) is 5.89. The fraction of sp³-hybridized carbons (Fsp3) is 0.194. The molecule has 0 saturated carbocycles. The van der Waals surface area contributed by atoms with Crippen LogP contribution in [0.1, 0.15) is 37.5 Å². The summed E-state index contributed by atoms with van der Waals surface area (Å²) in [6, 6.07) is 30.0. The lowest BCUT2D eigenvalue weighted by molar-refractivity contribution is 0.319. The number of benzene rings is 3. The van der Waals surface area contributed by atoms with Crippen molar-refractivity contribution in [1.29, 1.82) is 0 Å². The highest BCUT2D eigenvalue weighted by molar-refractivity contribution is 6.80. The quantitative estimate of drug-likeness (QED) is 0.310. The SMILES string of the molecule is Cc1c(-c2cccnc2)[nH]c2ccc(C(C)(C)C)c(CO[SiH](c3ccccc3)c3ccccc3)c12. The Morgan fingerprint density at radius 2 is 1.49 bits per heavy atom. The van der Waals surface area contributed by atoms with Crippen LogP contribution in [-0.2, 0) is 16.4 Å². The molecule has 2 heterocycles. The third-order valence-corrected chi connectivity index (χ3v) is 9.16. The second kappa shape index (κ2) is 9.65. The van der Waals surface area contributed by atoms with Gasteiger partial charge in [-0.2, -0.15) is 0 Å². The third-order valence-electron chi connectivity index (χ3n) is 6.68. The topological polar surface area (TPSA) is 37.9 Å². The van der Waals surface area contributed by atoms with Gasteiger partial charge in [-0.05, 0) is 57.6 Å². The highest BCUT2D eigenvalue weighted by Gasteiger charge is 2.25. The van der Waals surface area contributed by atoms with Gasteiger partial charge in [0.1, 0.15) is 0 Å². The molecule has 5 aromatic rings. The lowest BCUT2D eigenvalue weighted by Crippen LogP contribution is -2.44. The molecule has 0 atom stereocenters. The largest absolute Gasteiger partial charge is 0.407 e. The summed E-state index contributed by atoms with van der Waals surface area (Å²) >= 11 is 0. The molecule has 0 bridgehead atoms. The Balaban J connectivity index is 1.62. The van der Waals surface area contributed by atoms with Gasteiger partial charge in [0, 0.05) is 28.9 Å². The van der Waals surface area contributed by atoms with Crippen LogP contribution >= 0.6 is 0 Å². The number of H-pyrrole nitrogens is 1. The Kier molecular flexibility index (Phi) is 6.42. The molecule has 3 nitrogen and oxygen atoms in total. The molecule has 0 aliphatic heterocycles. The Morgan fingerprint density at radius 1 is 0.829 bits per heavy atom. The molecule has 3 aromatic carbocycles. The molecule has 0 unspecified atom stereocenters. The Labute approximate surface area is 209 Å². The standard InChI is InChI=1S/C31H32N2OSi/c1-22-29-26(21-34-35(24-13-7-5-8-14-24)25-15-9-6-10-16-25)27(31(2,3)4)17-18-28(29)33-30(22)23-12-11-19-32-20-23/h5-20,33,35H,21H2,1-4H3. The van der Waals surface area contributed by atoms with Gasteiger partial charge < -0.3 is 9.41 Å². The molecule has 0 fully saturated rings. The van der Waals surface area contributed by atoms with Crippen molar-refractivity contribution >= 4 is 30.3 Å². The maximum absolute atomic E-state index is 6.93. The minimum absolute atomic E-state index is 0.00159. The van der Waals surface area contributed by atoms with Crippen LogP contribution in [0.25, 0.3) is 22.2 Å². The summed E-state index contributed by atoms with van der Waals surface area (Å²) in [6.45, 7) is 9.64. The Bertz CT molecular complexity index is 1380. The first-order valence-electron chi connectivity index (χ1n) is 12.2. The Hall–Kier alpha value is -3.47. The van der Waals surface area contributed by atoms with Gasteiger partial charge in [0.05, 0.1) is 12.3 Å². The van der Waals surface area contributed by atoms with Crippen LogP contribution in [0, 0.1) is 6.92 Å². The summed E-state index contributed by atoms with van der Waals surface area (Å²) in [5.41, 5.74) is 7.23. The summed E-state index contributed by atoms with van der Waals surface area (Å²) in [6.07, 6.45) is 3.74. The molecule has 4 heteroatoms. The number of hydrogen-bond acceptors (Lipinski definition) is 2. The molecule has 2 aromatic heterocycles. The van der Waals surface area contributed by atoms with Crippen LogP contribution in [0.5, 0.6) is 0 Å². The van der Waals surface area contributed by atoms with Crippen molar-refractivity contribution in [2.24, 2.45) is 0 Å². The van der Waals surface area contributed by atoms with Gasteiger partial charge in [0.2, 0.25) is 9.04 Å². The number of aryl methyl sites for hydroxylation is 1. The van der Waals surface area contributed by atoms with E-state index >= 15 is 0 Å². The van der Waals surface area contributed by atoms with E-state index in [4.69, 9.17) is 4.43 Å². The van der Waals surface area contributed by atoms with Gasteiger partial charge in [-0.25, -0.2) is 0 Å². The van der Waals surface area contributed by atoms with Gasteiger partial charge in [0.25, 0.3) is 0 Å². The molecule has 176 valence electrons. The molecule has 0 amide bonds. The lowest BCUT2D eigenvalue weighted by atomic mass is 9.82. The van der Waals surface area contributed by atoms with E-state index in [2.05, 4.69) is 117 Å². The summed E-state index contributed by atoms with van der Waals surface area (Å²) in [7, 11) is -1.86. The summed E-state index contributed by atoms with van der Waals surface area (Å²) < 4.78 is 6.93. The summed E-state index contributed by atoms with van der Waals surface area (Å²) in [4.78, 5) is 8.01. The average Bonchev–Trinajstić information content (AvgIpc) is 3.22. The van der Waals surface area contributed by atoms with Crippen molar-refractivity contribution < 1.29 is 4.43 Å². The highest BCUT2D eigenvalue weighted by atomic mass is 28.3. The number of fused-ring (bicyclic) bond motifs is 1. The first kappa shape index (κ1) is 23.3. The number of nitrogens with zero attached hydrogens (tertiary/aromatic N) is 1. The Morgan fingerprint density at radius 3 is 2.06 bits per heavy atom. The molecule has 0 saturated heterocycles. The second-order valence-corrected chi connectivity index (χ2v) is 12.6. The van der Waals surface area contributed by atoms with E-state index in [0.29, 0.717) is 6.61 Å². The normalized spacial score (nSPS) is 11.9. The fourth-order valence-corrected chi connectivity index (χ4v) is 7.24. The van der Waals surface area contributed by atoms with Crippen LogP contribution in [0.15, 0.2) is 97.3 Å². The van der Waals surface area contributed by atoms with Gasteiger partial charge in [-0.15, -0.1) is 0 Å². The first-order chi connectivity index (χ1) is 16.9. The molecule has 0 radical (unpaired) electrons. The molecule has 0 spiro atoms. The van der Waals surface area contributed by atoms with E-state index in [1.165, 1.54) is 32.5 Å². The van der Waals surface area contributed by atoms with Gasteiger partial charge in [-0.1, -0.05) is 87.5 Å². The zero-order chi connectivity index (χ0) is 24.4. The minimum atomic E-state index is -1.86. The van der Waals surface area contributed by atoms with Crippen LogP contribution in [0.4, 0.5) is 0 Å². The van der Waals surface area contributed by atoms with Crippen molar-refractivity contribution in [3.63, 3.8) is 0 Å². The smallest absolute Gasteiger partial charge is 0.240 e. The van der Waals surface area contributed by atoms with Crippen molar-refractivity contribution in [3.8, 4) is 11.3 Å².